The van der Waals surface area contributed by atoms with Gasteiger partial charge in [0.2, 0.25) is 0 Å². The quantitative estimate of drug-likeness (QED) is 0.309. The number of amidine groups is 1. The maximum Gasteiger partial charge on any atom is 0.269 e. The molecular formula is C31H29N5OS2. The monoisotopic (exact) mass is 551 g/mol. The highest BCUT2D eigenvalue weighted by molar-refractivity contribution is 8.19. The Hall–Kier alpha value is -3.93. The zero-order chi connectivity index (χ0) is 27.4. The van der Waals surface area contributed by atoms with Gasteiger partial charge < -0.3 is 10.2 Å². The first-order chi connectivity index (χ1) is 19.0. The summed E-state index contributed by atoms with van der Waals surface area (Å²) in [4.78, 5) is 24.8. The van der Waals surface area contributed by atoms with Gasteiger partial charge in [-0.1, -0.05) is 79.3 Å². The van der Waals surface area contributed by atoms with Gasteiger partial charge in [0.25, 0.3) is 5.91 Å². The Morgan fingerprint density at radius 1 is 0.974 bits per heavy atom. The topological polar surface area (TPSA) is 71.7 Å². The van der Waals surface area contributed by atoms with Gasteiger partial charge in [-0.05, 0) is 54.4 Å². The van der Waals surface area contributed by atoms with Gasteiger partial charge in [-0.2, -0.15) is 5.26 Å². The summed E-state index contributed by atoms with van der Waals surface area (Å²) in [5.41, 5.74) is 5.28. The molecule has 2 aliphatic heterocycles. The second kappa shape index (κ2) is 11.9. The SMILES string of the molecule is CCNc1ccc(C#N)cc1N=C1SC(=C2SC(CC)=C(c3ccccc3)N2C)C(=O)N1Cc1ccccc1. The number of amides is 1. The molecule has 0 saturated carbocycles. The lowest BCUT2D eigenvalue weighted by Gasteiger charge is -2.19. The number of rotatable bonds is 7. The molecule has 6 nitrogen and oxygen atoms in total. The number of allylic oxidation sites excluding steroid dienone is 1. The summed E-state index contributed by atoms with van der Waals surface area (Å²) >= 11 is 3.06. The minimum Gasteiger partial charge on any atom is -0.384 e. The number of aliphatic imine (C=N–C) groups is 1. The third-order valence-electron chi connectivity index (χ3n) is 6.44. The van der Waals surface area contributed by atoms with Crippen LogP contribution in [0.1, 0.15) is 37.0 Å². The number of nitrogens with one attached hydrogen (secondary N) is 1. The number of carbonyl (C=O) groups is 1. The molecule has 0 aliphatic carbocycles. The van der Waals surface area contributed by atoms with Gasteiger partial charge in [0.05, 0.1) is 40.3 Å². The van der Waals surface area contributed by atoms with Crippen LogP contribution in [0.15, 0.2) is 98.7 Å². The van der Waals surface area contributed by atoms with Gasteiger partial charge in [-0.25, -0.2) is 4.99 Å². The number of nitrogens with zero attached hydrogens (tertiary/aromatic N) is 4. The average molecular weight is 552 g/mol. The largest absolute Gasteiger partial charge is 0.384 e. The molecule has 0 aromatic heterocycles. The number of thioether (sulfide) groups is 2. The maximum absolute atomic E-state index is 14.1. The molecule has 3 aromatic carbocycles. The van der Waals surface area contributed by atoms with Crippen molar-refractivity contribution in [3.8, 4) is 6.07 Å². The van der Waals surface area contributed by atoms with Crippen LogP contribution in [0.3, 0.4) is 0 Å². The normalized spacial score (nSPS) is 18.3. The van der Waals surface area contributed by atoms with Gasteiger partial charge in [0, 0.05) is 18.5 Å². The summed E-state index contributed by atoms with van der Waals surface area (Å²) in [6, 6.07) is 27.9. The van der Waals surface area contributed by atoms with E-state index in [4.69, 9.17) is 4.99 Å². The molecule has 3 aromatic rings. The van der Waals surface area contributed by atoms with Crippen LogP contribution in [0, 0.1) is 11.3 Å². The van der Waals surface area contributed by atoms with Crippen LogP contribution in [-0.4, -0.2) is 34.5 Å². The zero-order valence-corrected chi connectivity index (χ0v) is 23.8. The summed E-state index contributed by atoms with van der Waals surface area (Å²) in [5, 5.41) is 14.3. The Morgan fingerprint density at radius 2 is 1.69 bits per heavy atom. The lowest BCUT2D eigenvalue weighted by molar-refractivity contribution is -0.122. The van der Waals surface area contributed by atoms with E-state index in [-0.39, 0.29) is 5.91 Å². The van der Waals surface area contributed by atoms with Gasteiger partial charge in [-0.3, -0.25) is 9.69 Å². The number of benzene rings is 3. The zero-order valence-electron chi connectivity index (χ0n) is 22.1. The van der Waals surface area contributed by atoms with E-state index in [1.807, 2.05) is 68.6 Å². The molecule has 2 heterocycles. The van der Waals surface area contributed by atoms with Gasteiger partial charge in [-0.15, -0.1) is 0 Å². The number of carbonyl (C=O) groups excluding carboxylic acids is 1. The number of anilines is 1. The molecule has 1 fully saturated rings. The van der Waals surface area contributed by atoms with Crippen LogP contribution in [0.25, 0.3) is 5.70 Å². The first-order valence-corrected chi connectivity index (χ1v) is 14.5. The van der Waals surface area contributed by atoms with Crippen LogP contribution in [0.2, 0.25) is 0 Å². The Balaban J connectivity index is 1.59. The lowest BCUT2D eigenvalue weighted by atomic mass is 10.1. The Kier molecular flexibility index (Phi) is 8.10. The van der Waals surface area contributed by atoms with E-state index < -0.39 is 0 Å². The highest BCUT2D eigenvalue weighted by Crippen LogP contribution is 2.51. The molecule has 5 rings (SSSR count). The second-order valence-electron chi connectivity index (χ2n) is 9.03. The van der Waals surface area contributed by atoms with Crippen molar-refractivity contribution in [1.82, 2.24) is 9.80 Å². The van der Waals surface area contributed by atoms with Gasteiger partial charge in [0.15, 0.2) is 5.17 Å². The van der Waals surface area contributed by atoms with Crippen molar-refractivity contribution in [2.45, 2.75) is 26.8 Å². The predicted octanol–water partition coefficient (Wildman–Crippen LogP) is 7.38. The summed E-state index contributed by atoms with van der Waals surface area (Å²) in [6.07, 6.45) is 0.872. The highest BCUT2D eigenvalue weighted by atomic mass is 32.2. The van der Waals surface area contributed by atoms with E-state index in [0.717, 1.165) is 34.0 Å². The minimum atomic E-state index is -0.0665. The molecule has 0 radical (unpaired) electrons. The third-order valence-corrected chi connectivity index (χ3v) is 9.04. The molecule has 39 heavy (non-hydrogen) atoms. The van der Waals surface area contributed by atoms with Crippen molar-refractivity contribution in [3.05, 3.63) is 110 Å². The summed E-state index contributed by atoms with van der Waals surface area (Å²) in [6.45, 7) is 5.29. The van der Waals surface area contributed by atoms with Gasteiger partial charge >= 0.3 is 0 Å². The smallest absolute Gasteiger partial charge is 0.269 e. The first kappa shape index (κ1) is 26.7. The molecule has 0 atom stereocenters. The standard InChI is InChI=1S/C31H29N5OS2/c1-4-26-27(23-14-10-7-11-15-23)35(3)30(38-26)28-29(37)36(20-21-12-8-6-9-13-21)31(39-28)34-25-18-22(19-32)16-17-24(25)33-5-2/h6-18,33H,4-5,20H2,1-3H3. The molecule has 196 valence electrons. The van der Waals surface area contributed by atoms with E-state index in [1.165, 1.54) is 16.7 Å². The number of nitriles is 1. The van der Waals surface area contributed by atoms with Crippen LogP contribution < -0.4 is 5.32 Å². The van der Waals surface area contributed by atoms with E-state index in [1.54, 1.807) is 28.8 Å². The summed E-state index contributed by atoms with van der Waals surface area (Å²) in [5.74, 6) is -0.0665. The average Bonchev–Trinajstić information content (AvgIpc) is 3.46. The van der Waals surface area contributed by atoms with Crippen LogP contribution in [0.5, 0.6) is 0 Å². The second-order valence-corrected chi connectivity index (χ2v) is 11.1. The van der Waals surface area contributed by atoms with E-state index >= 15 is 0 Å². The maximum atomic E-state index is 14.1. The lowest BCUT2D eigenvalue weighted by Crippen LogP contribution is -2.29. The van der Waals surface area contributed by atoms with Crippen molar-refractivity contribution in [3.63, 3.8) is 0 Å². The number of hydrogen-bond donors (Lipinski definition) is 1. The van der Waals surface area contributed by atoms with E-state index in [9.17, 15) is 10.1 Å². The van der Waals surface area contributed by atoms with Crippen molar-refractivity contribution in [2.24, 2.45) is 4.99 Å². The Labute approximate surface area is 238 Å². The van der Waals surface area contributed by atoms with Gasteiger partial charge in [0.1, 0.15) is 4.91 Å². The molecule has 0 spiro atoms. The molecule has 1 saturated heterocycles. The number of hydrogen-bond acceptors (Lipinski definition) is 7. The van der Waals surface area contributed by atoms with Crippen LogP contribution in [0.4, 0.5) is 11.4 Å². The van der Waals surface area contributed by atoms with E-state index in [0.29, 0.717) is 34.4 Å². The van der Waals surface area contributed by atoms with Crippen molar-refractivity contribution < 1.29 is 4.79 Å². The molecule has 0 unspecified atom stereocenters. The predicted molar refractivity (Wildman–Crippen MR) is 163 cm³/mol. The molecular weight excluding hydrogens is 523 g/mol. The first-order valence-electron chi connectivity index (χ1n) is 12.9. The minimum absolute atomic E-state index is 0.0665. The molecule has 0 bridgehead atoms. The van der Waals surface area contributed by atoms with Crippen molar-refractivity contribution >= 4 is 51.7 Å². The molecule has 1 amide bonds. The van der Waals surface area contributed by atoms with Crippen LogP contribution >= 0.6 is 23.5 Å². The Bertz CT molecular complexity index is 1520. The third kappa shape index (κ3) is 5.47. The molecule has 1 N–H and O–H groups in total. The highest BCUT2D eigenvalue weighted by Gasteiger charge is 2.40. The fourth-order valence-electron chi connectivity index (χ4n) is 4.57. The molecule has 2 aliphatic rings. The fourth-order valence-corrected chi connectivity index (χ4v) is 6.96. The molecule has 8 heteroatoms. The Morgan fingerprint density at radius 3 is 2.36 bits per heavy atom. The fraction of sp³-hybridized carbons (Fsp3) is 0.194. The summed E-state index contributed by atoms with van der Waals surface area (Å²) < 4.78 is 0. The van der Waals surface area contributed by atoms with Crippen molar-refractivity contribution in [2.75, 3.05) is 18.9 Å². The van der Waals surface area contributed by atoms with Crippen molar-refractivity contribution in [1.29, 1.82) is 5.26 Å². The van der Waals surface area contributed by atoms with E-state index in [2.05, 4.69) is 35.3 Å². The van der Waals surface area contributed by atoms with Crippen LogP contribution in [-0.2, 0) is 11.3 Å². The summed E-state index contributed by atoms with van der Waals surface area (Å²) in [7, 11) is 2.03.